The molecular weight excluding hydrogens is 430 g/mol. The molecule has 1 amide bonds. The zero-order chi connectivity index (χ0) is 22.9. The van der Waals surface area contributed by atoms with Gasteiger partial charge in [-0.3, -0.25) is 4.79 Å². The molecule has 0 spiro atoms. The van der Waals surface area contributed by atoms with Crippen LogP contribution in [0.25, 0.3) is 5.82 Å². The lowest BCUT2D eigenvalue weighted by Crippen LogP contribution is -2.54. The van der Waals surface area contributed by atoms with Crippen molar-refractivity contribution in [1.82, 2.24) is 25.1 Å². The van der Waals surface area contributed by atoms with Crippen molar-refractivity contribution in [2.24, 2.45) is 0 Å². The highest BCUT2D eigenvalue weighted by Crippen LogP contribution is 2.34. The van der Waals surface area contributed by atoms with Gasteiger partial charge in [0.1, 0.15) is 17.8 Å². The number of carbonyl (C=O) groups excluding carboxylic acids is 1. The van der Waals surface area contributed by atoms with E-state index in [0.29, 0.717) is 30.2 Å². The van der Waals surface area contributed by atoms with Gasteiger partial charge in [0, 0.05) is 31.4 Å². The van der Waals surface area contributed by atoms with Gasteiger partial charge in [0.2, 0.25) is 0 Å². The van der Waals surface area contributed by atoms with Crippen LogP contribution >= 0.6 is 0 Å². The molecule has 168 valence electrons. The normalized spacial score (nSPS) is 19.1. The lowest BCUT2D eigenvalue weighted by atomic mass is 9.85. The molecule has 3 N–H and O–H groups in total. The van der Waals surface area contributed by atoms with Gasteiger partial charge in [-0.25, -0.2) is 19.0 Å². The topological polar surface area (TPSA) is 102 Å². The van der Waals surface area contributed by atoms with Gasteiger partial charge in [0.05, 0.1) is 6.04 Å². The molecule has 1 aliphatic rings. The van der Waals surface area contributed by atoms with Crippen LogP contribution in [0, 0.1) is 5.82 Å². The first-order chi connectivity index (χ1) is 15.2. The Morgan fingerprint density at radius 3 is 2.53 bits per heavy atom. The molecule has 8 nitrogen and oxygen atoms in total. The number of nitrogens with two attached hydrogens (primary N) is 1. The Morgan fingerprint density at radius 2 is 1.88 bits per heavy atom. The maximum Gasteiger partial charge on any atom is 0.471 e. The van der Waals surface area contributed by atoms with E-state index in [0.717, 1.165) is 0 Å². The molecule has 32 heavy (non-hydrogen) atoms. The van der Waals surface area contributed by atoms with Crippen molar-refractivity contribution in [3.05, 3.63) is 60.4 Å². The van der Waals surface area contributed by atoms with Crippen LogP contribution in [0.3, 0.4) is 0 Å². The van der Waals surface area contributed by atoms with Gasteiger partial charge in [0.15, 0.2) is 11.6 Å². The third-order valence-corrected chi connectivity index (χ3v) is 5.35. The minimum absolute atomic E-state index is 0.0175. The number of nitrogens with one attached hydrogen (secondary N) is 1. The van der Waals surface area contributed by atoms with Gasteiger partial charge >= 0.3 is 12.1 Å². The third kappa shape index (κ3) is 4.34. The second kappa shape index (κ2) is 8.44. The Labute approximate surface area is 180 Å². The summed E-state index contributed by atoms with van der Waals surface area (Å²) < 4.78 is 53.7. The number of benzene rings is 1. The predicted molar refractivity (Wildman–Crippen MR) is 108 cm³/mol. The summed E-state index contributed by atoms with van der Waals surface area (Å²) in [6.45, 7) is 0.420. The molecule has 1 aliphatic heterocycles. The number of carbonyl (C=O) groups is 1. The summed E-state index contributed by atoms with van der Waals surface area (Å²) in [7, 11) is 0. The van der Waals surface area contributed by atoms with Gasteiger partial charge in [-0.1, -0.05) is 12.1 Å². The smallest absolute Gasteiger partial charge is 0.393 e. The summed E-state index contributed by atoms with van der Waals surface area (Å²) in [5, 5.41) is 6.17. The number of halogens is 4. The van der Waals surface area contributed by atoms with Crippen LogP contribution in [0.4, 0.5) is 29.1 Å². The van der Waals surface area contributed by atoms with Crippen LogP contribution in [-0.4, -0.2) is 51.0 Å². The van der Waals surface area contributed by atoms with E-state index in [2.05, 4.69) is 20.4 Å². The summed E-state index contributed by atoms with van der Waals surface area (Å²) in [6, 6.07) is 6.28. The van der Waals surface area contributed by atoms with Crippen LogP contribution in [0.15, 0.2) is 49.1 Å². The zero-order valence-corrected chi connectivity index (χ0v) is 16.6. The summed E-state index contributed by atoms with van der Waals surface area (Å²) in [5.74, 6) is -2.29. The van der Waals surface area contributed by atoms with Crippen molar-refractivity contribution in [3.63, 3.8) is 0 Å². The predicted octanol–water partition coefficient (Wildman–Crippen LogP) is 2.42. The van der Waals surface area contributed by atoms with E-state index in [-0.39, 0.29) is 12.2 Å². The molecule has 0 radical (unpaired) electrons. The first-order valence-electron chi connectivity index (χ1n) is 9.72. The minimum atomic E-state index is -5.03. The van der Waals surface area contributed by atoms with Crippen molar-refractivity contribution < 1.29 is 22.4 Å². The van der Waals surface area contributed by atoms with Gasteiger partial charge in [-0.15, -0.1) is 0 Å². The number of alkyl halides is 3. The van der Waals surface area contributed by atoms with Gasteiger partial charge in [-0.2, -0.15) is 18.3 Å². The maximum atomic E-state index is 13.3. The summed E-state index contributed by atoms with van der Waals surface area (Å²) in [5.41, 5.74) is 7.08. The van der Waals surface area contributed by atoms with E-state index >= 15 is 0 Å². The summed E-state index contributed by atoms with van der Waals surface area (Å²) in [4.78, 5) is 21.7. The second-order valence-corrected chi connectivity index (χ2v) is 7.36. The van der Waals surface area contributed by atoms with E-state index in [1.807, 2.05) is 0 Å². The number of hydrogen-bond acceptors (Lipinski definition) is 6. The van der Waals surface area contributed by atoms with Gasteiger partial charge < -0.3 is 16.0 Å². The van der Waals surface area contributed by atoms with Crippen LogP contribution in [0.5, 0.6) is 0 Å². The van der Waals surface area contributed by atoms with Crippen LogP contribution in [0.1, 0.15) is 17.9 Å². The molecule has 1 aromatic carbocycles. The number of hydrogen-bond donors (Lipinski definition) is 2. The molecule has 0 saturated carbocycles. The van der Waals surface area contributed by atoms with Gasteiger partial charge in [-0.05, 0) is 30.2 Å². The average molecular weight is 449 g/mol. The summed E-state index contributed by atoms with van der Waals surface area (Å²) in [6.07, 6.45) is -0.155. The molecule has 0 aliphatic carbocycles. The van der Waals surface area contributed by atoms with E-state index < -0.39 is 29.9 Å². The van der Waals surface area contributed by atoms with Crippen molar-refractivity contribution in [3.8, 4) is 5.82 Å². The number of amides is 1. The lowest BCUT2D eigenvalue weighted by molar-refractivity contribution is -0.174. The Kier molecular flexibility index (Phi) is 5.68. The standard InChI is InChI=1S/C20H19F4N7O/c21-13-4-2-12(3-5-13)14-6-9-30(10-15(14)29-19(32)20(22,23)24)17-16(25)18(27-11-26-17)31-8-1-7-28-31/h1-5,7-8,11,14-15H,6,9-10,25H2,(H,29,32). The third-order valence-electron chi connectivity index (χ3n) is 5.35. The molecule has 4 rings (SSSR count). The number of rotatable bonds is 4. The van der Waals surface area contributed by atoms with Crippen molar-refractivity contribution in [2.75, 3.05) is 23.7 Å². The van der Waals surface area contributed by atoms with E-state index in [1.54, 1.807) is 23.4 Å². The fraction of sp³-hybridized carbons (Fsp3) is 0.300. The molecular formula is C20H19F4N7O. The molecule has 12 heteroatoms. The second-order valence-electron chi connectivity index (χ2n) is 7.36. The molecule has 0 bridgehead atoms. The number of nitrogens with zero attached hydrogens (tertiary/aromatic N) is 5. The number of aromatic nitrogens is 4. The lowest BCUT2D eigenvalue weighted by Gasteiger charge is -2.40. The fourth-order valence-corrected chi connectivity index (χ4v) is 3.86. The Bertz CT molecular complexity index is 1090. The first kappa shape index (κ1) is 21.5. The fourth-order valence-electron chi connectivity index (χ4n) is 3.86. The molecule has 1 fully saturated rings. The molecule has 3 heterocycles. The summed E-state index contributed by atoms with van der Waals surface area (Å²) >= 11 is 0. The number of nitrogen functional groups attached to an aromatic ring is 1. The van der Waals surface area contributed by atoms with Crippen molar-refractivity contribution in [2.45, 2.75) is 24.6 Å². The van der Waals surface area contributed by atoms with E-state index in [9.17, 15) is 22.4 Å². The van der Waals surface area contributed by atoms with E-state index in [1.165, 1.54) is 35.3 Å². The quantitative estimate of drug-likeness (QED) is 0.594. The van der Waals surface area contributed by atoms with Crippen molar-refractivity contribution in [1.29, 1.82) is 0 Å². The minimum Gasteiger partial charge on any atom is -0.393 e. The Morgan fingerprint density at radius 1 is 1.16 bits per heavy atom. The van der Waals surface area contributed by atoms with Crippen molar-refractivity contribution >= 4 is 17.4 Å². The average Bonchev–Trinajstić information content (AvgIpc) is 3.29. The van der Waals surface area contributed by atoms with Crippen LogP contribution in [0.2, 0.25) is 0 Å². The van der Waals surface area contributed by atoms with Crippen LogP contribution < -0.4 is 16.0 Å². The van der Waals surface area contributed by atoms with E-state index in [4.69, 9.17) is 5.73 Å². The van der Waals surface area contributed by atoms with Crippen LogP contribution in [-0.2, 0) is 4.79 Å². The molecule has 2 unspecified atom stereocenters. The first-order valence-corrected chi connectivity index (χ1v) is 9.72. The Balaban J connectivity index is 1.64. The molecule has 2 aromatic heterocycles. The highest BCUT2D eigenvalue weighted by atomic mass is 19.4. The molecule has 2 atom stereocenters. The number of anilines is 2. The maximum absolute atomic E-state index is 13.3. The highest BCUT2D eigenvalue weighted by molar-refractivity contribution is 5.82. The largest absolute Gasteiger partial charge is 0.471 e. The SMILES string of the molecule is Nc1c(N2CCC(c3ccc(F)cc3)C(NC(=O)C(F)(F)F)C2)ncnc1-n1cccn1. The monoisotopic (exact) mass is 449 g/mol. The Hall–Kier alpha value is -3.70. The highest BCUT2D eigenvalue weighted by Gasteiger charge is 2.42. The molecule has 1 saturated heterocycles. The number of piperidine rings is 1. The van der Waals surface area contributed by atoms with Gasteiger partial charge in [0.25, 0.3) is 0 Å². The zero-order valence-electron chi connectivity index (χ0n) is 16.6. The molecule has 3 aromatic rings.